The van der Waals surface area contributed by atoms with Crippen LogP contribution in [0, 0.1) is 0 Å². The highest BCUT2D eigenvalue weighted by atomic mass is 32.2. The summed E-state index contributed by atoms with van der Waals surface area (Å²) in [6, 6.07) is 0.371. The average molecular weight is 243 g/mol. The second kappa shape index (κ2) is 4.55. The third-order valence-corrected chi connectivity index (χ3v) is 4.56. The lowest BCUT2D eigenvalue weighted by Crippen LogP contribution is -2.39. The van der Waals surface area contributed by atoms with Gasteiger partial charge in [-0.1, -0.05) is 0 Å². The second-order valence-corrected chi connectivity index (χ2v) is 6.66. The highest BCUT2D eigenvalue weighted by molar-refractivity contribution is 7.91. The van der Waals surface area contributed by atoms with Crippen LogP contribution in [0.2, 0.25) is 0 Å². The van der Waals surface area contributed by atoms with Crippen molar-refractivity contribution in [1.82, 2.24) is 14.9 Å². The van der Waals surface area contributed by atoms with Crippen molar-refractivity contribution < 1.29 is 8.42 Å². The summed E-state index contributed by atoms with van der Waals surface area (Å²) in [5, 5.41) is 3.34. The van der Waals surface area contributed by atoms with Crippen LogP contribution in [0.1, 0.15) is 13.3 Å². The monoisotopic (exact) mass is 243 g/mol. The van der Waals surface area contributed by atoms with Crippen molar-refractivity contribution in [3.8, 4) is 0 Å². The Morgan fingerprint density at radius 1 is 1.62 bits per heavy atom. The molecule has 1 aromatic rings. The molecule has 2 rings (SSSR count). The summed E-state index contributed by atoms with van der Waals surface area (Å²) in [6.45, 7) is 2.88. The zero-order valence-electron chi connectivity index (χ0n) is 9.33. The van der Waals surface area contributed by atoms with E-state index < -0.39 is 9.84 Å². The van der Waals surface area contributed by atoms with Gasteiger partial charge < -0.3 is 9.88 Å². The van der Waals surface area contributed by atoms with Crippen molar-refractivity contribution in [2.24, 2.45) is 0 Å². The van der Waals surface area contributed by atoms with Crippen LogP contribution in [0.3, 0.4) is 0 Å². The first-order chi connectivity index (χ1) is 7.55. The minimum absolute atomic E-state index is 0.114. The highest BCUT2D eigenvalue weighted by Crippen LogP contribution is 2.12. The Kier molecular flexibility index (Phi) is 3.30. The smallest absolute Gasteiger partial charge is 0.151 e. The van der Waals surface area contributed by atoms with E-state index in [-0.39, 0.29) is 17.8 Å². The van der Waals surface area contributed by atoms with E-state index in [1.807, 2.05) is 10.8 Å². The van der Waals surface area contributed by atoms with Gasteiger partial charge in [-0.15, -0.1) is 0 Å². The van der Waals surface area contributed by atoms with Gasteiger partial charge in [-0.2, -0.15) is 0 Å². The van der Waals surface area contributed by atoms with E-state index in [0.29, 0.717) is 5.75 Å². The van der Waals surface area contributed by atoms with E-state index >= 15 is 0 Å². The molecule has 2 heterocycles. The van der Waals surface area contributed by atoms with E-state index in [0.717, 1.165) is 13.0 Å². The van der Waals surface area contributed by atoms with Crippen LogP contribution in [0.5, 0.6) is 0 Å². The largest absolute Gasteiger partial charge is 0.336 e. The second-order valence-electron chi connectivity index (χ2n) is 4.43. The maximum Gasteiger partial charge on any atom is 0.151 e. The molecule has 0 radical (unpaired) electrons. The van der Waals surface area contributed by atoms with Gasteiger partial charge in [-0.25, -0.2) is 13.4 Å². The maximum atomic E-state index is 11.3. The summed E-state index contributed by atoms with van der Waals surface area (Å²) in [7, 11) is -2.78. The van der Waals surface area contributed by atoms with Crippen LogP contribution in [-0.2, 0) is 16.4 Å². The van der Waals surface area contributed by atoms with Crippen LogP contribution in [-0.4, -0.2) is 41.6 Å². The van der Waals surface area contributed by atoms with Gasteiger partial charge in [-0.05, 0) is 13.3 Å². The number of nitrogens with one attached hydrogen (secondary N) is 1. The highest BCUT2D eigenvalue weighted by Gasteiger charge is 2.28. The van der Waals surface area contributed by atoms with Crippen molar-refractivity contribution in [2.45, 2.75) is 32.0 Å². The molecule has 2 atom stereocenters. The molecular formula is C10H17N3O2S. The van der Waals surface area contributed by atoms with E-state index in [9.17, 15) is 8.42 Å². The lowest BCUT2D eigenvalue weighted by atomic mass is 10.2. The molecule has 90 valence electrons. The van der Waals surface area contributed by atoms with E-state index in [1.165, 1.54) is 0 Å². The predicted molar refractivity (Wildman–Crippen MR) is 61.9 cm³/mol. The van der Waals surface area contributed by atoms with Gasteiger partial charge in [-0.3, -0.25) is 0 Å². The Balaban J connectivity index is 1.82. The summed E-state index contributed by atoms with van der Waals surface area (Å²) in [4.78, 5) is 3.97. The molecule has 0 amide bonds. The number of nitrogens with zero attached hydrogens (tertiary/aromatic N) is 2. The molecule has 1 N–H and O–H groups in total. The number of sulfone groups is 1. The van der Waals surface area contributed by atoms with Gasteiger partial charge >= 0.3 is 0 Å². The minimum atomic E-state index is -2.78. The normalized spacial score (nSPS) is 25.7. The molecular weight excluding hydrogens is 226 g/mol. The van der Waals surface area contributed by atoms with Gasteiger partial charge in [0.15, 0.2) is 9.84 Å². The van der Waals surface area contributed by atoms with Crippen molar-refractivity contribution in [1.29, 1.82) is 0 Å². The minimum Gasteiger partial charge on any atom is -0.336 e. The standard InChI is InChI=1S/C10H17N3O2S/c1-9(6-13-4-3-11-8-13)12-10-2-5-16(14,15)7-10/h3-4,8-10,12H,2,5-7H2,1H3. The molecule has 0 saturated carbocycles. The fraction of sp³-hybridized carbons (Fsp3) is 0.700. The lowest BCUT2D eigenvalue weighted by molar-refractivity contribution is 0.426. The summed E-state index contributed by atoms with van der Waals surface area (Å²) < 4.78 is 24.6. The topological polar surface area (TPSA) is 64.0 Å². The van der Waals surface area contributed by atoms with E-state index in [2.05, 4.69) is 17.2 Å². The number of imidazole rings is 1. The maximum absolute atomic E-state index is 11.3. The summed E-state index contributed by atoms with van der Waals surface area (Å²) in [5.74, 6) is 0.601. The summed E-state index contributed by atoms with van der Waals surface area (Å²) in [5.41, 5.74) is 0. The first kappa shape index (κ1) is 11.6. The van der Waals surface area contributed by atoms with Crippen molar-refractivity contribution in [3.63, 3.8) is 0 Å². The molecule has 2 unspecified atom stereocenters. The molecule has 0 spiro atoms. The van der Waals surface area contributed by atoms with Crippen molar-refractivity contribution >= 4 is 9.84 Å². The molecule has 1 aliphatic heterocycles. The quantitative estimate of drug-likeness (QED) is 0.811. The van der Waals surface area contributed by atoms with Crippen LogP contribution in [0.15, 0.2) is 18.7 Å². The fourth-order valence-corrected chi connectivity index (χ4v) is 3.78. The molecule has 1 aromatic heterocycles. The van der Waals surface area contributed by atoms with Gasteiger partial charge in [0.1, 0.15) is 0 Å². The third-order valence-electron chi connectivity index (χ3n) is 2.80. The molecule has 1 fully saturated rings. The Bertz CT molecular complexity index is 427. The molecule has 0 bridgehead atoms. The first-order valence-electron chi connectivity index (χ1n) is 5.47. The van der Waals surface area contributed by atoms with Gasteiger partial charge in [0.2, 0.25) is 0 Å². The zero-order chi connectivity index (χ0) is 11.6. The van der Waals surface area contributed by atoms with Crippen LogP contribution in [0.4, 0.5) is 0 Å². The van der Waals surface area contributed by atoms with Gasteiger partial charge in [0, 0.05) is 31.0 Å². The van der Waals surface area contributed by atoms with Crippen LogP contribution in [0.25, 0.3) is 0 Å². The molecule has 1 aliphatic rings. The zero-order valence-corrected chi connectivity index (χ0v) is 10.2. The van der Waals surface area contributed by atoms with Crippen LogP contribution >= 0.6 is 0 Å². The Morgan fingerprint density at radius 2 is 2.44 bits per heavy atom. The number of rotatable bonds is 4. The Hall–Kier alpha value is -0.880. The molecule has 5 nitrogen and oxygen atoms in total. The lowest BCUT2D eigenvalue weighted by Gasteiger charge is -2.18. The molecule has 0 aromatic carbocycles. The number of hydrogen-bond acceptors (Lipinski definition) is 4. The molecule has 1 saturated heterocycles. The summed E-state index contributed by atoms with van der Waals surface area (Å²) >= 11 is 0. The van der Waals surface area contributed by atoms with Crippen molar-refractivity contribution in [3.05, 3.63) is 18.7 Å². The van der Waals surface area contributed by atoms with E-state index in [1.54, 1.807) is 12.5 Å². The average Bonchev–Trinajstić information content (AvgIpc) is 2.76. The molecule has 6 heteroatoms. The van der Waals surface area contributed by atoms with Crippen LogP contribution < -0.4 is 5.32 Å². The summed E-state index contributed by atoms with van der Waals surface area (Å²) in [6.07, 6.45) is 6.15. The Morgan fingerprint density at radius 3 is 3.00 bits per heavy atom. The van der Waals surface area contributed by atoms with Gasteiger partial charge in [0.05, 0.1) is 17.8 Å². The Labute approximate surface area is 95.8 Å². The number of aromatic nitrogens is 2. The fourth-order valence-electron chi connectivity index (χ4n) is 2.09. The molecule has 0 aliphatic carbocycles. The van der Waals surface area contributed by atoms with Gasteiger partial charge in [0.25, 0.3) is 0 Å². The SMILES string of the molecule is CC(Cn1ccnc1)NC1CCS(=O)(=O)C1. The molecule has 16 heavy (non-hydrogen) atoms. The third kappa shape index (κ3) is 3.05. The van der Waals surface area contributed by atoms with E-state index in [4.69, 9.17) is 0 Å². The number of hydrogen-bond donors (Lipinski definition) is 1. The predicted octanol–water partition coefficient (Wildman–Crippen LogP) is 0.0483. The first-order valence-corrected chi connectivity index (χ1v) is 7.29. The van der Waals surface area contributed by atoms with Crippen molar-refractivity contribution in [2.75, 3.05) is 11.5 Å².